The van der Waals surface area contributed by atoms with Gasteiger partial charge in [-0.2, -0.15) is 0 Å². The van der Waals surface area contributed by atoms with Crippen molar-refractivity contribution in [3.63, 3.8) is 0 Å². The number of aromatic nitrogens is 1. The summed E-state index contributed by atoms with van der Waals surface area (Å²) in [5, 5.41) is 3.52. The van der Waals surface area contributed by atoms with Gasteiger partial charge in [0.1, 0.15) is 0 Å². The Balaban J connectivity index is 1.30. The van der Waals surface area contributed by atoms with E-state index in [1.165, 1.54) is 5.56 Å². The molecule has 0 aliphatic rings. The van der Waals surface area contributed by atoms with Crippen LogP contribution in [0.2, 0.25) is 5.02 Å². The Hall–Kier alpha value is -3.91. The van der Waals surface area contributed by atoms with Crippen molar-refractivity contribution in [2.45, 2.75) is 13.1 Å². The van der Waals surface area contributed by atoms with Gasteiger partial charge in [-0.3, -0.25) is 14.7 Å². The molecule has 0 unspecified atom stereocenters. The second kappa shape index (κ2) is 11.3. The Morgan fingerprint density at radius 1 is 0.882 bits per heavy atom. The molecule has 0 radical (unpaired) electrons. The lowest BCUT2D eigenvalue weighted by Crippen LogP contribution is -2.17. The predicted octanol–water partition coefficient (Wildman–Crippen LogP) is 6.02. The third-order valence-corrected chi connectivity index (χ3v) is 5.46. The van der Waals surface area contributed by atoms with Crippen molar-refractivity contribution in [3.05, 3.63) is 119 Å². The maximum Gasteiger partial charge on any atom is 0.300 e. The van der Waals surface area contributed by atoms with E-state index in [2.05, 4.69) is 34.1 Å². The first-order valence-corrected chi connectivity index (χ1v) is 11.3. The van der Waals surface area contributed by atoms with E-state index >= 15 is 0 Å². The van der Waals surface area contributed by atoms with Gasteiger partial charge in [0, 0.05) is 41.5 Å². The fourth-order valence-electron chi connectivity index (χ4n) is 3.51. The van der Waals surface area contributed by atoms with Crippen molar-refractivity contribution >= 4 is 23.2 Å². The van der Waals surface area contributed by atoms with Gasteiger partial charge >= 0.3 is 5.91 Å². The first-order valence-electron chi connectivity index (χ1n) is 10.9. The second-order valence-electron chi connectivity index (χ2n) is 7.98. The van der Waals surface area contributed by atoms with Crippen LogP contribution in [0.3, 0.4) is 0 Å². The molecule has 4 aromatic rings. The molecule has 0 spiro atoms. The van der Waals surface area contributed by atoms with Crippen LogP contribution >= 0.6 is 11.6 Å². The molecule has 0 aliphatic carbocycles. The van der Waals surface area contributed by atoms with Gasteiger partial charge in [0.15, 0.2) is 0 Å². The number of rotatable bonds is 6. The lowest BCUT2D eigenvalue weighted by Gasteiger charge is -2.16. The van der Waals surface area contributed by atoms with Crippen molar-refractivity contribution in [1.29, 1.82) is 0 Å². The highest BCUT2D eigenvalue weighted by Gasteiger charge is 2.03. The number of anilines is 1. The highest BCUT2D eigenvalue weighted by Crippen LogP contribution is 2.23. The number of benzene rings is 3. The number of pyridine rings is 1. The molecule has 1 aromatic heterocycles. The summed E-state index contributed by atoms with van der Waals surface area (Å²) in [6, 6.07) is 29.1. The fourth-order valence-corrected chi connectivity index (χ4v) is 3.63. The maximum atomic E-state index is 12.3. The summed E-state index contributed by atoms with van der Waals surface area (Å²) in [5.74, 6) is 5.24. The largest absolute Gasteiger partial charge is 0.315 e. The van der Waals surface area contributed by atoms with Crippen molar-refractivity contribution in [2.75, 3.05) is 12.4 Å². The van der Waals surface area contributed by atoms with Crippen LogP contribution in [-0.4, -0.2) is 22.8 Å². The number of halogens is 1. The van der Waals surface area contributed by atoms with Crippen LogP contribution in [0.4, 0.5) is 5.69 Å². The Bertz CT molecular complexity index is 1290. The average Bonchev–Trinajstić information content (AvgIpc) is 2.85. The molecule has 0 atom stereocenters. The van der Waals surface area contributed by atoms with Crippen LogP contribution in [0.5, 0.6) is 0 Å². The summed E-state index contributed by atoms with van der Waals surface area (Å²) >= 11 is 5.95. The third kappa shape index (κ3) is 6.79. The molecule has 0 aliphatic heterocycles. The van der Waals surface area contributed by atoms with E-state index in [9.17, 15) is 4.79 Å². The second-order valence-corrected chi connectivity index (χ2v) is 8.42. The zero-order chi connectivity index (χ0) is 23.8. The lowest BCUT2D eigenvalue weighted by atomic mass is 10.1. The number of amides is 1. The van der Waals surface area contributed by atoms with Crippen LogP contribution in [0, 0.1) is 11.8 Å². The van der Waals surface area contributed by atoms with Crippen molar-refractivity contribution < 1.29 is 4.79 Å². The smallest absolute Gasteiger partial charge is 0.300 e. The minimum Gasteiger partial charge on any atom is -0.315 e. The zero-order valence-corrected chi connectivity index (χ0v) is 19.6. The SMILES string of the molecule is CN(Cc1ccc(C#CC(=O)Nc2ccc(-c3ccc(Cl)cc3)cc2)cc1)Cc1ccccn1. The molecular weight excluding hydrogens is 442 g/mol. The Kier molecular flexibility index (Phi) is 7.72. The van der Waals surface area contributed by atoms with Gasteiger partial charge in [-0.25, -0.2) is 0 Å². The summed E-state index contributed by atoms with van der Waals surface area (Å²) in [6.07, 6.45) is 1.81. The van der Waals surface area contributed by atoms with E-state index in [0.29, 0.717) is 10.7 Å². The van der Waals surface area contributed by atoms with Crippen LogP contribution in [0.1, 0.15) is 16.8 Å². The van der Waals surface area contributed by atoms with Crippen LogP contribution in [0.15, 0.2) is 97.2 Å². The highest BCUT2D eigenvalue weighted by molar-refractivity contribution is 6.30. The number of nitrogens with zero attached hydrogens (tertiary/aromatic N) is 2. The number of hydrogen-bond acceptors (Lipinski definition) is 3. The predicted molar refractivity (Wildman–Crippen MR) is 138 cm³/mol. The van der Waals surface area contributed by atoms with Crippen LogP contribution in [-0.2, 0) is 17.9 Å². The average molecular weight is 466 g/mol. The number of carbonyl (C=O) groups is 1. The molecular formula is C29H24ClN3O. The monoisotopic (exact) mass is 465 g/mol. The molecule has 5 heteroatoms. The summed E-state index contributed by atoms with van der Waals surface area (Å²) in [6.45, 7) is 1.58. The van der Waals surface area contributed by atoms with Gasteiger partial charge in [0.2, 0.25) is 0 Å². The fraction of sp³-hybridized carbons (Fsp3) is 0.103. The minimum absolute atomic E-state index is 0.349. The molecule has 34 heavy (non-hydrogen) atoms. The number of nitrogens with one attached hydrogen (secondary N) is 1. The first-order chi connectivity index (χ1) is 16.5. The molecule has 0 saturated heterocycles. The molecule has 3 aromatic carbocycles. The van der Waals surface area contributed by atoms with E-state index in [4.69, 9.17) is 11.6 Å². The number of carbonyl (C=O) groups excluding carboxylic acids is 1. The first kappa shape index (κ1) is 23.3. The summed E-state index contributed by atoms with van der Waals surface area (Å²) in [4.78, 5) is 18.8. The third-order valence-electron chi connectivity index (χ3n) is 5.21. The van der Waals surface area contributed by atoms with E-state index in [0.717, 1.165) is 35.5 Å². The normalized spacial score (nSPS) is 10.4. The Labute approximate surface area is 205 Å². The van der Waals surface area contributed by atoms with E-state index in [-0.39, 0.29) is 5.91 Å². The molecule has 0 fully saturated rings. The lowest BCUT2D eigenvalue weighted by molar-refractivity contribution is -0.111. The maximum absolute atomic E-state index is 12.3. The minimum atomic E-state index is -0.349. The Morgan fingerprint density at radius 3 is 2.21 bits per heavy atom. The van der Waals surface area contributed by atoms with Gasteiger partial charge in [-0.1, -0.05) is 60.0 Å². The van der Waals surface area contributed by atoms with Gasteiger partial charge in [0.05, 0.1) is 5.69 Å². The molecule has 1 amide bonds. The van der Waals surface area contributed by atoms with E-state index in [1.54, 1.807) is 0 Å². The molecule has 1 heterocycles. The molecule has 4 rings (SSSR count). The van der Waals surface area contributed by atoms with Crippen molar-refractivity contribution in [2.24, 2.45) is 0 Å². The topological polar surface area (TPSA) is 45.2 Å². The highest BCUT2D eigenvalue weighted by atomic mass is 35.5. The summed E-state index contributed by atoms with van der Waals surface area (Å²) in [5.41, 5.74) is 5.82. The quantitative estimate of drug-likeness (QED) is 0.354. The van der Waals surface area contributed by atoms with Gasteiger partial charge in [-0.15, -0.1) is 0 Å². The standard InChI is InChI=1S/C29H24ClN3O/c1-33(21-28-4-2-3-19-31-28)20-23-7-5-22(6-8-23)9-18-29(34)32-27-16-12-25(13-17-27)24-10-14-26(30)15-11-24/h2-8,10-17,19H,20-21H2,1H3,(H,32,34). The molecule has 168 valence electrons. The summed E-state index contributed by atoms with van der Waals surface area (Å²) < 4.78 is 0. The number of hydrogen-bond donors (Lipinski definition) is 1. The zero-order valence-electron chi connectivity index (χ0n) is 18.8. The molecule has 1 N–H and O–H groups in total. The van der Waals surface area contributed by atoms with Gasteiger partial charge in [-0.05, 0) is 72.3 Å². The van der Waals surface area contributed by atoms with Crippen molar-refractivity contribution in [1.82, 2.24) is 9.88 Å². The molecule has 0 bridgehead atoms. The van der Waals surface area contributed by atoms with Gasteiger partial charge < -0.3 is 5.32 Å². The van der Waals surface area contributed by atoms with Gasteiger partial charge in [0.25, 0.3) is 0 Å². The van der Waals surface area contributed by atoms with E-state index in [1.807, 2.05) is 97.2 Å². The van der Waals surface area contributed by atoms with Crippen LogP contribution in [0.25, 0.3) is 11.1 Å². The molecule has 4 nitrogen and oxygen atoms in total. The van der Waals surface area contributed by atoms with E-state index < -0.39 is 0 Å². The Morgan fingerprint density at radius 2 is 1.56 bits per heavy atom. The van der Waals surface area contributed by atoms with Crippen LogP contribution < -0.4 is 5.32 Å². The molecule has 0 saturated carbocycles. The van der Waals surface area contributed by atoms with Crippen molar-refractivity contribution in [3.8, 4) is 23.0 Å². The summed E-state index contributed by atoms with van der Waals surface area (Å²) in [7, 11) is 2.06.